The van der Waals surface area contributed by atoms with E-state index in [0.29, 0.717) is 0 Å². The Hall–Kier alpha value is -2.17. The fourth-order valence-electron chi connectivity index (χ4n) is 3.97. The van der Waals surface area contributed by atoms with Crippen molar-refractivity contribution in [3.63, 3.8) is 0 Å². The van der Waals surface area contributed by atoms with Crippen LogP contribution in [0.4, 0.5) is 0 Å². The van der Waals surface area contributed by atoms with Crippen molar-refractivity contribution in [3.8, 4) is 0 Å². The maximum absolute atomic E-state index is 11.3. The first-order valence-electron chi connectivity index (χ1n) is 9.77. The second kappa shape index (κ2) is 9.67. The predicted molar refractivity (Wildman–Crippen MR) is 106 cm³/mol. The summed E-state index contributed by atoms with van der Waals surface area (Å²) in [6, 6.07) is 20.8. The first kappa shape index (κ1) is 19.6. The second-order valence-corrected chi connectivity index (χ2v) is 7.47. The second-order valence-electron chi connectivity index (χ2n) is 7.47. The lowest BCUT2D eigenvalue weighted by Crippen LogP contribution is -2.45. The van der Waals surface area contributed by atoms with Crippen LogP contribution in [-0.2, 0) is 22.6 Å². The van der Waals surface area contributed by atoms with Gasteiger partial charge in [-0.15, -0.1) is 0 Å². The van der Waals surface area contributed by atoms with E-state index < -0.39 is 6.10 Å². The maximum Gasteiger partial charge on any atom is 0.302 e. The molecule has 2 aromatic carbocycles. The van der Waals surface area contributed by atoms with E-state index in [-0.39, 0.29) is 18.0 Å². The Morgan fingerprint density at radius 2 is 1.56 bits per heavy atom. The Kier molecular flexibility index (Phi) is 7.02. The van der Waals surface area contributed by atoms with Crippen molar-refractivity contribution < 1.29 is 14.6 Å². The Morgan fingerprint density at radius 3 is 2.07 bits per heavy atom. The average Bonchev–Trinajstić information content (AvgIpc) is 2.66. The van der Waals surface area contributed by atoms with Gasteiger partial charge in [0.2, 0.25) is 0 Å². The molecule has 4 heteroatoms. The van der Waals surface area contributed by atoms with Gasteiger partial charge < -0.3 is 9.84 Å². The van der Waals surface area contributed by atoms with E-state index in [2.05, 4.69) is 53.4 Å². The minimum absolute atomic E-state index is 0.107. The molecule has 0 bridgehead atoms. The van der Waals surface area contributed by atoms with E-state index in [1.54, 1.807) is 0 Å². The van der Waals surface area contributed by atoms with Gasteiger partial charge in [-0.1, -0.05) is 60.7 Å². The van der Waals surface area contributed by atoms with Crippen LogP contribution in [0.5, 0.6) is 0 Å². The van der Waals surface area contributed by atoms with E-state index in [4.69, 9.17) is 4.74 Å². The molecule has 27 heavy (non-hydrogen) atoms. The number of aliphatic hydroxyl groups is 1. The number of carbonyl (C=O) groups is 1. The zero-order valence-electron chi connectivity index (χ0n) is 16.0. The fraction of sp³-hybridized carbons (Fsp3) is 0.435. The Labute approximate surface area is 161 Å². The molecule has 4 nitrogen and oxygen atoms in total. The minimum Gasteiger partial charge on any atom is -0.460 e. The normalized spacial score (nSPS) is 22.6. The molecule has 1 saturated carbocycles. The first-order valence-corrected chi connectivity index (χ1v) is 9.77. The van der Waals surface area contributed by atoms with E-state index in [1.165, 1.54) is 18.1 Å². The molecule has 1 aliphatic carbocycles. The van der Waals surface area contributed by atoms with E-state index >= 15 is 0 Å². The molecule has 1 N–H and O–H groups in total. The number of benzene rings is 2. The van der Waals surface area contributed by atoms with E-state index in [1.807, 2.05) is 12.1 Å². The molecule has 0 radical (unpaired) electrons. The van der Waals surface area contributed by atoms with Gasteiger partial charge in [0.1, 0.15) is 6.10 Å². The number of nitrogens with zero attached hydrogens (tertiary/aromatic N) is 1. The van der Waals surface area contributed by atoms with Crippen molar-refractivity contribution in [1.82, 2.24) is 4.90 Å². The van der Waals surface area contributed by atoms with Gasteiger partial charge in [-0.2, -0.15) is 0 Å². The molecular formula is C23H29NO3. The van der Waals surface area contributed by atoms with Crippen LogP contribution in [0.3, 0.4) is 0 Å². The predicted octanol–water partition coefficient (Wildman–Crippen LogP) is 3.78. The van der Waals surface area contributed by atoms with E-state index in [9.17, 15) is 9.90 Å². The molecule has 1 aliphatic rings. The first-order chi connectivity index (χ1) is 13.1. The number of rotatable bonds is 7. The van der Waals surface area contributed by atoms with E-state index in [0.717, 1.165) is 38.9 Å². The van der Waals surface area contributed by atoms with Crippen LogP contribution >= 0.6 is 0 Å². The maximum atomic E-state index is 11.3. The monoisotopic (exact) mass is 367 g/mol. The summed E-state index contributed by atoms with van der Waals surface area (Å²) in [5.41, 5.74) is 2.52. The molecule has 3 atom stereocenters. The molecule has 0 aliphatic heterocycles. The molecule has 0 saturated heterocycles. The average molecular weight is 367 g/mol. The van der Waals surface area contributed by atoms with Gasteiger partial charge in [-0.25, -0.2) is 0 Å². The highest BCUT2D eigenvalue weighted by molar-refractivity contribution is 5.66. The number of hydrogen-bond donors (Lipinski definition) is 1. The lowest BCUT2D eigenvalue weighted by atomic mass is 9.84. The van der Waals surface area contributed by atoms with Gasteiger partial charge in [-0.05, 0) is 30.4 Å². The van der Waals surface area contributed by atoms with Crippen LogP contribution in [0.1, 0.15) is 37.3 Å². The van der Waals surface area contributed by atoms with Crippen molar-refractivity contribution in [1.29, 1.82) is 0 Å². The van der Waals surface area contributed by atoms with Crippen molar-refractivity contribution in [2.75, 3.05) is 6.54 Å². The van der Waals surface area contributed by atoms with Gasteiger partial charge in [0.05, 0.1) is 6.10 Å². The molecule has 2 aromatic rings. The van der Waals surface area contributed by atoms with Gasteiger partial charge in [0.25, 0.3) is 0 Å². The summed E-state index contributed by atoms with van der Waals surface area (Å²) in [5, 5.41) is 10.8. The zero-order chi connectivity index (χ0) is 19.1. The third-order valence-electron chi connectivity index (χ3n) is 5.24. The third kappa shape index (κ3) is 5.91. The van der Waals surface area contributed by atoms with Crippen molar-refractivity contribution in [2.45, 2.75) is 51.5 Å². The fourth-order valence-corrected chi connectivity index (χ4v) is 3.97. The van der Waals surface area contributed by atoms with Crippen LogP contribution in [-0.4, -0.2) is 34.7 Å². The number of carbonyl (C=O) groups excluding carboxylic acids is 1. The largest absolute Gasteiger partial charge is 0.460 e. The number of esters is 1. The summed E-state index contributed by atoms with van der Waals surface area (Å²) >= 11 is 0. The number of hydrogen-bond acceptors (Lipinski definition) is 4. The Bertz CT molecular complexity index is 663. The molecule has 0 heterocycles. The van der Waals surface area contributed by atoms with Crippen molar-refractivity contribution in [3.05, 3.63) is 71.8 Å². The number of aliphatic hydroxyl groups excluding tert-OH is 1. The van der Waals surface area contributed by atoms with Crippen LogP contribution < -0.4 is 0 Å². The summed E-state index contributed by atoms with van der Waals surface area (Å²) in [7, 11) is 0. The van der Waals surface area contributed by atoms with Gasteiger partial charge in [0.15, 0.2) is 0 Å². The number of ether oxygens (including phenoxy) is 1. The zero-order valence-corrected chi connectivity index (χ0v) is 16.0. The van der Waals surface area contributed by atoms with Crippen molar-refractivity contribution in [2.24, 2.45) is 5.92 Å². The topological polar surface area (TPSA) is 49.8 Å². The molecular weight excluding hydrogens is 338 g/mol. The molecule has 1 fully saturated rings. The lowest BCUT2D eigenvalue weighted by Gasteiger charge is -2.37. The molecule has 0 amide bonds. The Balaban J connectivity index is 1.70. The summed E-state index contributed by atoms with van der Waals surface area (Å²) in [4.78, 5) is 13.7. The molecule has 0 unspecified atom stereocenters. The SMILES string of the molecule is CC(=O)O[C@@H]1CCC[C@@H](CN(Cc2ccccc2)Cc2ccccc2)[C@@H]1O. The summed E-state index contributed by atoms with van der Waals surface area (Å²) < 4.78 is 5.34. The van der Waals surface area contributed by atoms with Gasteiger partial charge >= 0.3 is 5.97 Å². The quantitative estimate of drug-likeness (QED) is 0.757. The standard InChI is InChI=1S/C23H29NO3/c1-18(25)27-22-14-8-13-21(23(22)26)17-24(15-19-9-4-2-5-10-19)16-20-11-6-3-7-12-20/h2-7,9-12,21-23,26H,8,13-17H2,1H3/t21-,22+,23-/m0/s1. The molecule has 3 rings (SSSR count). The van der Waals surface area contributed by atoms with Gasteiger partial charge in [-0.3, -0.25) is 9.69 Å². The highest BCUT2D eigenvalue weighted by Gasteiger charge is 2.34. The highest BCUT2D eigenvalue weighted by Crippen LogP contribution is 2.29. The Morgan fingerprint density at radius 1 is 1.00 bits per heavy atom. The highest BCUT2D eigenvalue weighted by atomic mass is 16.6. The summed E-state index contributed by atoms with van der Waals surface area (Å²) in [6.07, 6.45) is 1.70. The van der Waals surface area contributed by atoms with Crippen LogP contribution in [0.2, 0.25) is 0 Å². The summed E-state index contributed by atoms with van der Waals surface area (Å²) in [5.74, 6) is -0.208. The third-order valence-corrected chi connectivity index (χ3v) is 5.24. The van der Waals surface area contributed by atoms with Crippen LogP contribution in [0, 0.1) is 5.92 Å². The summed E-state index contributed by atoms with van der Waals surface area (Å²) in [6.45, 7) is 3.85. The molecule has 0 aromatic heterocycles. The molecule has 0 spiro atoms. The lowest BCUT2D eigenvalue weighted by molar-refractivity contribution is -0.158. The van der Waals surface area contributed by atoms with Gasteiger partial charge in [0, 0.05) is 32.5 Å². The van der Waals surface area contributed by atoms with Crippen LogP contribution in [0.15, 0.2) is 60.7 Å². The van der Waals surface area contributed by atoms with Crippen molar-refractivity contribution >= 4 is 5.97 Å². The molecule has 144 valence electrons. The smallest absolute Gasteiger partial charge is 0.302 e. The van der Waals surface area contributed by atoms with Crippen LogP contribution in [0.25, 0.3) is 0 Å². The minimum atomic E-state index is -0.600.